The van der Waals surface area contributed by atoms with Crippen LogP contribution in [0.4, 0.5) is 0 Å². The van der Waals surface area contributed by atoms with E-state index in [1.54, 1.807) is 6.20 Å². The maximum Gasteiger partial charge on any atom is 0.219 e. The summed E-state index contributed by atoms with van der Waals surface area (Å²) in [7, 11) is 0. The summed E-state index contributed by atoms with van der Waals surface area (Å²) < 4.78 is 6.02. The molecule has 112 valence electrons. The van der Waals surface area contributed by atoms with E-state index in [9.17, 15) is 0 Å². The van der Waals surface area contributed by atoms with Gasteiger partial charge < -0.3 is 10.1 Å². The molecule has 3 heteroatoms. The molecule has 0 saturated heterocycles. The first kappa shape index (κ1) is 15.5. The van der Waals surface area contributed by atoms with E-state index in [-0.39, 0.29) is 5.41 Å². The van der Waals surface area contributed by atoms with Crippen molar-refractivity contribution in [1.82, 2.24) is 10.3 Å². The Morgan fingerprint density at radius 2 is 1.90 bits per heavy atom. The summed E-state index contributed by atoms with van der Waals surface area (Å²) in [6.45, 7) is 10.4. The van der Waals surface area contributed by atoms with Crippen LogP contribution in [0.1, 0.15) is 38.8 Å². The summed E-state index contributed by atoms with van der Waals surface area (Å²) in [6, 6.07) is 12.1. The van der Waals surface area contributed by atoms with E-state index in [1.165, 1.54) is 11.1 Å². The maximum absolute atomic E-state index is 6.02. The monoisotopic (exact) mass is 284 g/mol. The van der Waals surface area contributed by atoms with Gasteiger partial charge in [-0.05, 0) is 29.7 Å². The number of para-hydroxylation sites is 1. The van der Waals surface area contributed by atoms with Gasteiger partial charge in [0.2, 0.25) is 5.88 Å². The maximum atomic E-state index is 6.02. The van der Waals surface area contributed by atoms with Gasteiger partial charge in [-0.15, -0.1) is 0 Å². The molecule has 1 N–H and O–H groups in total. The van der Waals surface area contributed by atoms with Crippen molar-refractivity contribution < 1.29 is 4.74 Å². The lowest BCUT2D eigenvalue weighted by Gasteiger charge is -2.22. The van der Waals surface area contributed by atoms with E-state index in [4.69, 9.17) is 4.74 Å². The van der Waals surface area contributed by atoms with Crippen LogP contribution in [0.5, 0.6) is 11.6 Å². The van der Waals surface area contributed by atoms with Crippen LogP contribution in [-0.4, -0.2) is 11.5 Å². The minimum absolute atomic E-state index is 0.0397. The van der Waals surface area contributed by atoms with Gasteiger partial charge in [0.15, 0.2) is 0 Å². The Balaban J connectivity index is 2.23. The number of pyridine rings is 1. The third kappa shape index (κ3) is 4.30. The van der Waals surface area contributed by atoms with E-state index >= 15 is 0 Å². The molecule has 1 heterocycles. The normalized spacial score (nSPS) is 11.4. The summed E-state index contributed by atoms with van der Waals surface area (Å²) in [5.41, 5.74) is 2.40. The van der Waals surface area contributed by atoms with Crippen molar-refractivity contribution in [2.24, 2.45) is 0 Å². The quantitative estimate of drug-likeness (QED) is 0.889. The zero-order valence-corrected chi connectivity index (χ0v) is 13.3. The number of aromatic nitrogens is 1. The van der Waals surface area contributed by atoms with E-state index in [1.807, 2.05) is 30.3 Å². The van der Waals surface area contributed by atoms with E-state index < -0.39 is 0 Å². The van der Waals surface area contributed by atoms with Crippen LogP contribution >= 0.6 is 0 Å². The Morgan fingerprint density at radius 3 is 2.62 bits per heavy atom. The SMILES string of the molecule is CCNCc1ccnc(Oc2ccccc2C(C)(C)C)c1. The fourth-order valence-corrected chi connectivity index (χ4v) is 2.17. The van der Waals surface area contributed by atoms with Crippen LogP contribution in [0.3, 0.4) is 0 Å². The van der Waals surface area contributed by atoms with Crippen molar-refractivity contribution in [3.8, 4) is 11.6 Å². The average molecular weight is 284 g/mol. The predicted octanol–water partition coefficient (Wildman–Crippen LogP) is 4.28. The van der Waals surface area contributed by atoms with Gasteiger partial charge in [0.25, 0.3) is 0 Å². The fraction of sp³-hybridized carbons (Fsp3) is 0.389. The molecule has 0 radical (unpaired) electrons. The van der Waals surface area contributed by atoms with Gasteiger partial charge in [0.05, 0.1) is 0 Å². The molecule has 1 aromatic heterocycles. The first-order valence-electron chi connectivity index (χ1n) is 7.43. The summed E-state index contributed by atoms with van der Waals surface area (Å²) in [5.74, 6) is 1.51. The third-order valence-corrected chi connectivity index (χ3v) is 3.29. The highest BCUT2D eigenvalue weighted by Crippen LogP contribution is 2.33. The van der Waals surface area contributed by atoms with Crippen LogP contribution in [-0.2, 0) is 12.0 Å². The van der Waals surface area contributed by atoms with Crippen LogP contribution in [0.15, 0.2) is 42.6 Å². The lowest BCUT2D eigenvalue weighted by molar-refractivity contribution is 0.439. The Labute approximate surface area is 127 Å². The Morgan fingerprint density at radius 1 is 1.14 bits per heavy atom. The molecule has 2 rings (SSSR count). The predicted molar refractivity (Wildman–Crippen MR) is 86.8 cm³/mol. The molecule has 3 nitrogen and oxygen atoms in total. The Hall–Kier alpha value is -1.87. The van der Waals surface area contributed by atoms with Gasteiger partial charge in [0.1, 0.15) is 5.75 Å². The van der Waals surface area contributed by atoms with E-state index in [0.29, 0.717) is 5.88 Å². The Kier molecular flexibility index (Phi) is 4.97. The molecule has 21 heavy (non-hydrogen) atoms. The lowest BCUT2D eigenvalue weighted by atomic mass is 9.86. The second-order valence-electron chi connectivity index (χ2n) is 6.13. The van der Waals surface area contributed by atoms with Crippen LogP contribution in [0, 0.1) is 0 Å². The van der Waals surface area contributed by atoms with Crippen LogP contribution in [0.25, 0.3) is 0 Å². The molecule has 1 aromatic carbocycles. The molecule has 0 saturated carbocycles. The van der Waals surface area contributed by atoms with Gasteiger partial charge in [0, 0.05) is 24.4 Å². The number of nitrogens with one attached hydrogen (secondary N) is 1. The molecule has 0 amide bonds. The average Bonchev–Trinajstić information content (AvgIpc) is 2.45. The number of rotatable bonds is 5. The second kappa shape index (κ2) is 6.72. The van der Waals surface area contributed by atoms with Gasteiger partial charge in [-0.25, -0.2) is 4.98 Å². The highest BCUT2D eigenvalue weighted by molar-refractivity contribution is 5.40. The molecule has 0 unspecified atom stereocenters. The van der Waals surface area contributed by atoms with Gasteiger partial charge in [-0.2, -0.15) is 0 Å². The number of hydrogen-bond acceptors (Lipinski definition) is 3. The fourth-order valence-electron chi connectivity index (χ4n) is 2.17. The second-order valence-corrected chi connectivity index (χ2v) is 6.13. The molecule has 0 aliphatic carbocycles. The minimum atomic E-state index is 0.0397. The number of hydrogen-bond donors (Lipinski definition) is 1. The largest absolute Gasteiger partial charge is 0.439 e. The summed E-state index contributed by atoms with van der Waals surface area (Å²) in [6.07, 6.45) is 1.79. The van der Waals surface area contributed by atoms with Crippen molar-refractivity contribution in [3.05, 3.63) is 53.7 Å². The molecule has 2 aromatic rings. The van der Waals surface area contributed by atoms with Crippen molar-refractivity contribution in [3.63, 3.8) is 0 Å². The van der Waals surface area contributed by atoms with Crippen molar-refractivity contribution in [1.29, 1.82) is 0 Å². The van der Waals surface area contributed by atoms with Crippen molar-refractivity contribution in [2.75, 3.05) is 6.54 Å². The number of ether oxygens (including phenoxy) is 1. The summed E-state index contributed by atoms with van der Waals surface area (Å²) in [4.78, 5) is 4.32. The molecule has 0 spiro atoms. The molecule has 0 fully saturated rings. The topological polar surface area (TPSA) is 34.2 Å². The van der Waals surface area contributed by atoms with Gasteiger partial charge >= 0.3 is 0 Å². The van der Waals surface area contributed by atoms with Crippen LogP contribution < -0.4 is 10.1 Å². The highest BCUT2D eigenvalue weighted by Gasteiger charge is 2.18. The molecule has 0 aliphatic heterocycles. The molecule has 0 atom stereocenters. The Bertz CT molecular complexity index is 588. The minimum Gasteiger partial charge on any atom is -0.439 e. The number of nitrogens with zero attached hydrogens (tertiary/aromatic N) is 1. The molecular weight excluding hydrogens is 260 g/mol. The smallest absolute Gasteiger partial charge is 0.219 e. The van der Waals surface area contributed by atoms with Crippen LogP contribution in [0.2, 0.25) is 0 Å². The molecule has 0 aliphatic rings. The zero-order chi connectivity index (χ0) is 15.3. The van der Waals surface area contributed by atoms with E-state index in [0.717, 1.165) is 18.8 Å². The first-order chi connectivity index (χ1) is 10.0. The molecule has 0 bridgehead atoms. The third-order valence-electron chi connectivity index (χ3n) is 3.29. The van der Waals surface area contributed by atoms with Gasteiger partial charge in [-0.1, -0.05) is 45.9 Å². The van der Waals surface area contributed by atoms with Crippen molar-refractivity contribution in [2.45, 2.75) is 39.7 Å². The zero-order valence-electron chi connectivity index (χ0n) is 13.3. The lowest BCUT2D eigenvalue weighted by Crippen LogP contribution is -2.13. The standard InChI is InChI=1S/C18H24N2O/c1-5-19-13-14-10-11-20-17(12-14)21-16-9-7-6-8-15(16)18(2,3)4/h6-12,19H,5,13H2,1-4H3. The first-order valence-corrected chi connectivity index (χ1v) is 7.43. The summed E-state index contributed by atoms with van der Waals surface area (Å²) >= 11 is 0. The van der Waals surface area contributed by atoms with E-state index in [2.05, 4.69) is 44.1 Å². The summed E-state index contributed by atoms with van der Waals surface area (Å²) in [5, 5.41) is 3.31. The van der Waals surface area contributed by atoms with Crippen molar-refractivity contribution >= 4 is 0 Å². The van der Waals surface area contributed by atoms with Gasteiger partial charge in [-0.3, -0.25) is 0 Å². The molecular formula is C18H24N2O. The highest BCUT2D eigenvalue weighted by atomic mass is 16.5. The number of benzene rings is 1.